The van der Waals surface area contributed by atoms with Gasteiger partial charge in [0.2, 0.25) is 0 Å². The summed E-state index contributed by atoms with van der Waals surface area (Å²) in [5, 5.41) is 7.08. The Kier molecular flexibility index (Phi) is 3.03. The molecule has 0 amide bonds. The first-order chi connectivity index (χ1) is 10.3. The third kappa shape index (κ3) is 2.06. The summed E-state index contributed by atoms with van der Waals surface area (Å²) in [4.78, 5) is 0. The molecule has 0 radical (unpaired) electrons. The molecule has 1 aliphatic heterocycles. The zero-order valence-electron chi connectivity index (χ0n) is 12.4. The Labute approximate surface area is 126 Å². The Morgan fingerprint density at radius 3 is 2.62 bits per heavy atom. The van der Waals surface area contributed by atoms with E-state index >= 15 is 0 Å². The van der Waals surface area contributed by atoms with Crippen LogP contribution in [0.3, 0.4) is 0 Å². The van der Waals surface area contributed by atoms with Crippen molar-refractivity contribution in [1.29, 1.82) is 0 Å². The van der Waals surface area contributed by atoms with Crippen LogP contribution >= 0.6 is 0 Å². The molecule has 2 aromatic carbocycles. The lowest BCUT2D eigenvalue weighted by Crippen LogP contribution is -2.23. The summed E-state index contributed by atoms with van der Waals surface area (Å²) >= 11 is 0. The van der Waals surface area contributed by atoms with Crippen molar-refractivity contribution in [1.82, 2.24) is 5.01 Å². The molecule has 0 spiro atoms. The number of rotatable bonds is 1. The van der Waals surface area contributed by atoms with Gasteiger partial charge in [-0.1, -0.05) is 54.6 Å². The van der Waals surface area contributed by atoms with E-state index in [4.69, 9.17) is 5.10 Å². The van der Waals surface area contributed by atoms with Crippen molar-refractivity contribution in [3.05, 3.63) is 71.3 Å². The summed E-state index contributed by atoms with van der Waals surface area (Å²) in [7, 11) is 2.11. The molecule has 21 heavy (non-hydrogen) atoms. The molecule has 0 saturated heterocycles. The smallest absolute Gasteiger partial charge is 0.0801 e. The molecule has 2 aliphatic rings. The molecule has 0 aromatic heterocycles. The molecule has 0 bridgehead atoms. The van der Waals surface area contributed by atoms with Crippen LogP contribution in [0.25, 0.3) is 0 Å². The van der Waals surface area contributed by atoms with Gasteiger partial charge >= 0.3 is 0 Å². The van der Waals surface area contributed by atoms with E-state index in [2.05, 4.69) is 66.7 Å². The highest BCUT2D eigenvalue weighted by molar-refractivity contribution is 6.05. The quantitative estimate of drug-likeness (QED) is 0.768. The van der Waals surface area contributed by atoms with Crippen molar-refractivity contribution in [3.8, 4) is 0 Å². The molecule has 4 rings (SSSR count). The molecule has 2 atom stereocenters. The van der Waals surface area contributed by atoms with Crippen LogP contribution in [0.2, 0.25) is 0 Å². The first-order valence-corrected chi connectivity index (χ1v) is 7.79. The van der Waals surface area contributed by atoms with Gasteiger partial charge in [0.25, 0.3) is 0 Å². The number of nitrogens with zero attached hydrogens (tertiary/aromatic N) is 2. The van der Waals surface area contributed by atoms with Gasteiger partial charge in [0, 0.05) is 18.5 Å². The van der Waals surface area contributed by atoms with E-state index in [1.807, 2.05) is 0 Å². The van der Waals surface area contributed by atoms with Crippen LogP contribution in [0.5, 0.6) is 0 Å². The van der Waals surface area contributed by atoms with E-state index in [1.54, 1.807) is 0 Å². The van der Waals surface area contributed by atoms with Gasteiger partial charge in [0.05, 0.1) is 11.8 Å². The largest absolute Gasteiger partial charge is 0.292 e. The predicted molar refractivity (Wildman–Crippen MR) is 86.4 cm³/mol. The van der Waals surface area contributed by atoms with Crippen molar-refractivity contribution in [2.75, 3.05) is 7.05 Å². The zero-order chi connectivity index (χ0) is 14.2. The number of hydrogen-bond donors (Lipinski definition) is 0. The van der Waals surface area contributed by atoms with Gasteiger partial charge in [0.1, 0.15) is 0 Å². The minimum atomic E-state index is 0.382. The Morgan fingerprint density at radius 2 is 1.76 bits per heavy atom. The molecule has 2 aromatic rings. The van der Waals surface area contributed by atoms with Crippen LogP contribution in [0.1, 0.15) is 35.6 Å². The molecule has 106 valence electrons. The summed E-state index contributed by atoms with van der Waals surface area (Å²) in [6.07, 6.45) is 3.65. The normalized spacial score (nSPS) is 24.0. The van der Waals surface area contributed by atoms with Crippen molar-refractivity contribution in [3.63, 3.8) is 0 Å². The third-order valence-electron chi connectivity index (χ3n) is 4.80. The molecule has 2 unspecified atom stereocenters. The van der Waals surface area contributed by atoms with Gasteiger partial charge in [-0.3, -0.25) is 5.01 Å². The number of hydrogen-bond acceptors (Lipinski definition) is 2. The van der Waals surface area contributed by atoms with E-state index in [0.29, 0.717) is 12.0 Å². The summed E-state index contributed by atoms with van der Waals surface area (Å²) in [5.41, 5.74) is 5.49. The second-order valence-corrected chi connectivity index (χ2v) is 6.07. The molecule has 2 nitrogen and oxygen atoms in total. The summed E-state index contributed by atoms with van der Waals surface area (Å²) in [6, 6.07) is 20.0. The van der Waals surface area contributed by atoms with Crippen LogP contribution in [0.4, 0.5) is 0 Å². The number of fused-ring (bicyclic) bond motifs is 3. The molecule has 0 N–H and O–H groups in total. The summed E-state index contributed by atoms with van der Waals surface area (Å²) in [6.45, 7) is 0. The summed E-state index contributed by atoms with van der Waals surface area (Å²) in [5.74, 6) is 0.515. The average molecular weight is 276 g/mol. The van der Waals surface area contributed by atoms with Crippen LogP contribution in [0, 0.1) is 5.92 Å². The molecule has 2 heteroatoms. The van der Waals surface area contributed by atoms with Crippen LogP contribution in [0.15, 0.2) is 59.7 Å². The van der Waals surface area contributed by atoms with Gasteiger partial charge in [-0.15, -0.1) is 0 Å². The van der Waals surface area contributed by atoms with Crippen LogP contribution in [-0.4, -0.2) is 17.8 Å². The molecule has 1 heterocycles. The summed E-state index contributed by atoms with van der Waals surface area (Å²) < 4.78 is 0. The van der Waals surface area contributed by atoms with Gasteiger partial charge in [0.15, 0.2) is 0 Å². The molecule has 0 fully saturated rings. The maximum atomic E-state index is 4.92. The highest BCUT2D eigenvalue weighted by atomic mass is 15.5. The van der Waals surface area contributed by atoms with E-state index in [-0.39, 0.29) is 0 Å². The monoisotopic (exact) mass is 276 g/mol. The standard InChI is InChI=1S/C19H20N2/c1-21-19(15-9-3-2-4-10-15)17-13-7-11-14-8-5-6-12-16(14)18(17)20-21/h2-6,8-10,12,17,19H,7,11,13H2,1H3. The van der Waals surface area contributed by atoms with E-state index in [9.17, 15) is 0 Å². The zero-order valence-corrected chi connectivity index (χ0v) is 12.4. The Bertz CT molecular complexity index is 675. The number of benzene rings is 2. The first-order valence-electron chi connectivity index (χ1n) is 7.79. The molecule has 0 saturated carbocycles. The second-order valence-electron chi connectivity index (χ2n) is 6.07. The number of hydrazone groups is 1. The van der Waals surface area contributed by atoms with Crippen LogP contribution in [-0.2, 0) is 6.42 Å². The SMILES string of the molecule is CN1N=C2c3ccccc3CCCC2C1c1ccccc1. The fraction of sp³-hybridized carbons (Fsp3) is 0.316. The maximum absolute atomic E-state index is 4.92. The minimum Gasteiger partial charge on any atom is -0.292 e. The van der Waals surface area contributed by atoms with Gasteiger partial charge in [-0.05, 0) is 30.4 Å². The Morgan fingerprint density at radius 1 is 1.00 bits per heavy atom. The fourth-order valence-electron chi connectivity index (χ4n) is 3.86. The molecular weight excluding hydrogens is 256 g/mol. The highest BCUT2D eigenvalue weighted by Crippen LogP contribution is 2.41. The van der Waals surface area contributed by atoms with Gasteiger partial charge in [-0.2, -0.15) is 5.10 Å². The third-order valence-corrected chi connectivity index (χ3v) is 4.80. The van der Waals surface area contributed by atoms with E-state index in [0.717, 1.165) is 0 Å². The predicted octanol–water partition coefficient (Wildman–Crippen LogP) is 4.03. The first kappa shape index (κ1) is 12.6. The van der Waals surface area contributed by atoms with Crippen molar-refractivity contribution < 1.29 is 0 Å². The van der Waals surface area contributed by atoms with Crippen LogP contribution < -0.4 is 0 Å². The fourth-order valence-corrected chi connectivity index (χ4v) is 3.86. The van der Waals surface area contributed by atoms with Crippen molar-refractivity contribution in [2.45, 2.75) is 25.3 Å². The number of aryl methyl sites for hydroxylation is 1. The maximum Gasteiger partial charge on any atom is 0.0801 e. The Balaban J connectivity index is 1.79. The topological polar surface area (TPSA) is 15.6 Å². The molecule has 1 aliphatic carbocycles. The van der Waals surface area contributed by atoms with Crippen molar-refractivity contribution >= 4 is 5.71 Å². The lowest BCUT2D eigenvalue weighted by molar-refractivity contribution is 0.243. The van der Waals surface area contributed by atoms with Gasteiger partial charge in [-0.25, -0.2) is 0 Å². The lowest BCUT2D eigenvalue weighted by atomic mass is 9.85. The highest BCUT2D eigenvalue weighted by Gasteiger charge is 2.38. The minimum absolute atomic E-state index is 0.382. The molecular formula is C19H20N2. The van der Waals surface area contributed by atoms with E-state index in [1.165, 1.54) is 41.7 Å². The van der Waals surface area contributed by atoms with Crippen molar-refractivity contribution in [2.24, 2.45) is 11.0 Å². The van der Waals surface area contributed by atoms with E-state index < -0.39 is 0 Å². The second kappa shape index (κ2) is 5.03. The Hall–Kier alpha value is -2.09. The van der Waals surface area contributed by atoms with Gasteiger partial charge < -0.3 is 0 Å². The average Bonchev–Trinajstić information content (AvgIpc) is 2.74. The lowest BCUT2D eigenvalue weighted by Gasteiger charge is -2.25.